The second-order valence-electron chi connectivity index (χ2n) is 10.0. The molecule has 208 valence electrons. The van der Waals surface area contributed by atoms with Crippen LogP contribution in [-0.4, -0.2) is 44.4 Å². The number of alkyl halides is 1. The van der Waals surface area contributed by atoms with Crippen LogP contribution in [0.3, 0.4) is 0 Å². The first-order valence-corrected chi connectivity index (χ1v) is 14.5. The number of nitrogens with one attached hydrogen (secondary N) is 1. The lowest BCUT2D eigenvalue weighted by atomic mass is 9.76. The second-order valence-corrected chi connectivity index (χ2v) is 11.8. The van der Waals surface area contributed by atoms with Crippen LogP contribution in [0.4, 0.5) is 17.1 Å². The van der Waals surface area contributed by atoms with E-state index in [1.54, 1.807) is 35.2 Å². The fraction of sp³-hybridized carbons (Fsp3) is 0.345. The Morgan fingerprint density at radius 2 is 1.73 bits per heavy atom. The minimum atomic E-state index is -0.422. The van der Waals surface area contributed by atoms with Gasteiger partial charge in [-0.1, -0.05) is 24.3 Å². The quantitative estimate of drug-likeness (QED) is 0.173. The van der Waals surface area contributed by atoms with Gasteiger partial charge in [0.15, 0.2) is 0 Å². The van der Waals surface area contributed by atoms with Gasteiger partial charge in [-0.05, 0) is 61.6 Å². The lowest BCUT2D eigenvalue weighted by Gasteiger charge is -2.38. The smallest absolute Gasteiger partial charge is 0.282 e. The van der Waals surface area contributed by atoms with Crippen molar-refractivity contribution in [1.29, 1.82) is 0 Å². The van der Waals surface area contributed by atoms with Crippen LogP contribution < -0.4 is 5.32 Å². The Morgan fingerprint density at radius 1 is 1.02 bits per heavy atom. The van der Waals surface area contributed by atoms with Crippen molar-refractivity contribution in [3.63, 3.8) is 0 Å². The molecule has 0 radical (unpaired) electrons. The molecular weight excluding hydrogens is 552 g/mol. The number of benzene rings is 3. The molecule has 3 aromatic rings. The van der Waals surface area contributed by atoms with Gasteiger partial charge in [-0.25, -0.2) is 0 Å². The summed E-state index contributed by atoms with van der Waals surface area (Å²) in [6, 6.07) is 18.7. The Morgan fingerprint density at radius 3 is 2.38 bits per heavy atom. The molecule has 40 heavy (non-hydrogen) atoms. The van der Waals surface area contributed by atoms with Gasteiger partial charge in [-0.15, -0.1) is 23.4 Å². The van der Waals surface area contributed by atoms with Gasteiger partial charge in [0.25, 0.3) is 17.3 Å². The first-order valence-electron chi connectivity index (χ1n) is 13.2. The SMILES string of the molecule is CCN(CC)C(=O)c1ccc2c(c1)[C@@H]1[C@H](Cl)[C@H](Sc3ccccc3[N+](=O)[O-])C[C@@H]1[C@H](c1ccc([N+](=O)[O-])cc1)N2. The van der Waals surface area contributed by atoms with E-state index in [0.29, 0.717) is 30.0 Å². The highest BCUT2D eigenvalue weighted by Crippen LogP contribution is 2.58. The molecule has 0 saturated heterocycles. The number of halogens is 1. The number of rotatable bonds is 8. The lowest BCUT2D eigenvalue weighted by Crippen LogP contribution is -2.33. The minimum Gasteiger partial charge on any atom is -0.378 e. The van der Waals surface area contributed by atoms with Crippen LogP contribution in [0.5, 0.6) is 0 Å². The van der Waals surface area contributed by atoms with Crippen molar-refractivity contribution >= 4 is 46.3 Å². The maximum absolute atomic E-state index is 13.2. The molecule has 1 aliphatic heterocycles. The van der Waals surface area contributed by atoms with Gasteiger partial charge in [0, 0.05) is 53.7 Å². The molecule has 1 aliphatic carbocycles. The zero-order chi connectivity index (χ0) is 28.6. The van der Waals surface area contributed by atoms with E-state index >= 15 is 0 Å². The molecule has 0 spiro atoms. The van der Waals surface area contributed by atoms with Gasteiger partial charge in [0.2, 0.25) is 0 Å². The Bertz CT molecular complexity index is 1450. The average Bonchev–Trinajstić information content (AvgIpc) is 3.29. The third-order valence-electron chi connectivity index (χ3n) is 7.91. The summed E-state index contributed by atoms with van der Waals surface area (Å²) in [5, 5.41) is 26.0. The molecule has 1 N–H and O–H groups in total. The summed E-state index contributed by atoms with van der Waals surface area (Å²) in [7, 11) is 0. The van der Waals surface area contributed by atoms with E-state index in [4.69, 9.17) is 11.6 Å². The van der Waals surface area contributed by atoms with Crippen molar-refractivity contribution in [2.75, 3.05) is 18.4 Å². The summed E-state index contributed by atoms with van der Waals surface area (Å²) in [4.78, 5) is 37.6. The molecule has 5 rings (SSSR count). The van der Waals surface area contributed by atoms with Gasteiger partial charge < -0.3 is 10.2 Å². The number of carbonyl (C=O) groups excluding carboxylic acids is 1. The summed E-state index contributed by atoms with van der Waals surface area (Å²) in [6.07, 6.45) is 0.665. The van der Waals surface area contributed by atoms with E-state index in [1.807, 2.05) is 32.0 Å². The van der Waals surface area contributed by atoms with Crippen molar-refractivity contribution in [3.8, 4) is 0 Å². The molecule has 1 heterocycles. The maximum Gasteiger partial charge on any atom is 0.282 e. The molecule has 3 aromatic carbocycles. The summed E-state index contributed by atoms with van der Waals surface area (Å²) in [5.41, 5.74) is 3.37. The van der Waals surface area contributed by atoms with Crippen molar-refractivity contribution in [1.82, 2.24) is 4.90 Å². The number of hydrogen-bond acceptors (Lipinski definition) is 7. The van der Waals surface area contributed by atoms with Gasteiger partial charge in [-0.2, -0.15) is 0 Å². The fourth-order valence-electron chi connectivity index (χ4n) is 5.95. The van der Waals surface area contributed by atoms with E-state index in [2.05, 4.69) is 5.32 Å². The van der Waals surface area contributed by atoms with Crippen LogP contribution in [0.25, 0.3) is 0 Å². The second kappa shape index (κ2) is 11.5. The topological polar surface area (TPSA) is 119 Å². The molecule has 1 saturated carbocycles. The van der Waals surface area contributed by atoms with E-state index in [1.165, 1.54) is 30.0 Å². The van der Waals surface area contributed by atoms with E-state index in [0.717, 1.165) is 16.8 Å². The molecule has 5 atom stereocenters. The molecule has 1 amide bonds. The van der Waals surface area contributed by atoms with Gasteiger partial charge >= 0.3 is 0 Å². The van der Waals surface area contributed by atoms with E-state index in [9.17, 15) is 25.0 Å². The number of nitro benzene ring substituents is 2. The summed E-state index contributed by atoms with van der Waals surface area (Å²) >= 11 is 8.64. The number of amides is 1. The van der Waals surface area contributed by atoms with Crippen LogP contribution in [0, 0.1) is 26.1 Å². The number of carbonyl (C=O) groups is 1. The minimum absolute atomic E-state index is 0.00414. The number of nitro groups is 2. The number of anilines is 1. The average molecular weight is 581 g/mol. The number of para-hydroxylation sites is 1. The molecule has 0 unspecified atom stereocenters. The monoisotopic (exact) mass is 580 g/mol. The lowest BCUT2D eigenvalue weighted by molar-refractivity contribution is -0.387. The van der Waals surface area contributed by atoms with Crippen LogP contribution in [0.1, 0.15) is 53.7 Å². The summed E-state index contributed by atoms with van der Waals surface area (Å²) in [6.45, 7) is 5.10. The Balaban J connectivity index is 1.55. The normalized spacial score (nSPS) is 23.0. The third kappa shape index (κ3) is 5.13. The molecular formula is C29H29ClN4O5S. The highest BCUT2D eigenvalue weighted by atomic mass is 35.5. The van der Waals surface area contributed by atoms with Crippen molar-refractivity contribution < 1.29 is 14.6 Å². The Hall–Kier alpha value is -3.63. The number of nitrogens with zero attached hydrogens (tertiary/aromatic N) is 3. The highest BCUT2D eigenvalue weighted by Gasteiger charge is 2.50. The standard InChI is InChI=1S/C29H29ClN4O5S/c1-3-32(4-2)29(35)18-11-14-22-20(15-18)26-21(28(31-22)17-9-12-19(13-10-17)33(36)37)16-25(27(26)30)40-24-8-6-5-7-23(24)34(38)39/h5-15,21,25-28,31H,3-4,16H2,1-2H3/t21-,25+,26-,27+,28-/m0/s1. The van der Waals surface area contributed by atoms with Gasteiger partial charge in [-0.3, -0.25) is 25.0 Å². The third-order valence-corrected chi connectivity index (χ3v) is 10.0. The van der Waals surface area contributed by atoms with Crippen LogP contribution in [0.15, 0.2) is 71.6 Å². The van der Waals surface area contributed by atoms with Crippen LogP contribution in [-0.2, 0) is 0 Å². The first-order chi connectivity index (χ1) is 19.2. The highest BCUT2D eigenvalue weighted by molar-refractivity contribution is 8.00. The Labute approximate surface area is 241 Å². The number of non-ortho nitro benzene ring substituents is 1. The van der Waals surface area contributed by atoms with Crippen LogP contribution in [0.2, 0.25) is 0 Å². The zero-order valence-corrected chi connectivity index (χ0v) is 23.6. The van der Waals surface area contributed by atoms with E-state index < -0.39 is 4.92 Å². The van der Waals surface area contributed by atoms with Crippen molar-refractivity contribution in [2.45, 2.75) is 47.8 Å². The predicted molar refractivity (Wildman–Crippen MR) is 156 cm³/mol. The molecule has 2 aliphatic rings. The van der Waals surface area contributed by atoms with Gasteiger partial charge in [0.1, 0.15) is 0 Å². The fourth-order valence-corrected chi connectivity index (χ4v) is 7.89. The van der Waals surface area contributed by atoms with Crippen LogP contribution >= 0.6 is 23.4 Å². The molecule has 0 aromatic heterocycles. The molecule has 9 nitrogen and oxygen atoms in total. The Kier molecular flexibility index (Phi) is 8.00. The molecule has 0 bridgehead atoms. The molecule has 11 heteroatoms. The summed E-state index contributed by atoms with van der Waals surface area (Å²) in [5.74, 6) is -0.185. The largest absolute Gasteiger partial charge is 0.378 e. The van der Waals surface area contributed by atoms with Gasteiger partial charge in [0.05, 0.1) is 26.2 Å². The summed E-state index contributed by atoms with van der Waals surface area (Å²) < 4.78 is 0. The maximum atomic E-state index is 13.2. The van der Waals surface area contributed by atoms with Crippen molar-refractivity contribution in [2.24, 2.45) is 5.92 Å². The zero-order valence-electron chi connectivity index (χ0n) is 22.0. The van der Waals surface area contributed by atoms with Crippen molar-refractivity contribution in [3.05, 3.63) is 104 Å². The number of fused-ring (bicyclic) bond motifs is 3. The molecule has 1 fully saturated rings. The van der Waals surface area contributed by atoms with E-state index in [-0.39, 0.29) is 50.7 Å². The number of thioether (sulfide) groups is 1. The number of hydrogen-bond donors (Lipinski definition) is 1. The first kappa shape index (κ1) is 27.9. The predicted octanol–water partition coefficient (Wildman–Crippen LogP) is 7.02.